The Morgan fingerprint density at radius 2 is 1.92 bits per heavy atom. The van der Waals surface area contributed by atoms with Crippen LogP contribution in [0.4, 0.5) is 0 Å². The summed E-state index contributed by atoms with van der Waals surface area (Å²) < 4.78 is 0. The molecule has 5 N–H and O–H groups in total. The third-order valence-corrected chi connectivity index (χ3v) is 4.76. The smallest absolute Gasteiger partial charge is 0.115 e. The Bertz CT molecular complexity index is 687. The largest absolute Gasteiger partial charge is 0.302 e. The normalized spacial score (nSPS) is 18.4. The maximum Gasteiger partial charge on any atom is 0.115 e. The van der Waals surface area contributed by atoms with Crippen LogP contribution in [0.5, 0.6) is 0 Å². The van der Waals surface area contributed by atoms with Gasteiger partial charge in [-0.15, -0.1) is 0 Å². The second-order valence-electron chi connectivity index (χ2n) is 6.90. The third-order valence-electron chi connectivity index (χ3n) is 4.76. The lowest BCUT2D eigenvalue weighted by molar-refractivity contribution is 0.0734. The van der Waals surface area contributed by atoms with Crippen molar-refractivity contribution < 1.29 is 0 Å². The molecule has 0 spiro atoms. The maximum absolute atomic E-state index is 6.14. The van der Waals surface area contributed by atoms with E-state index in [4.69, 9.17) is 5.84 Å². The minimum atomic E-state index is -0.0905. The van der Waals surface area contributed by atoms with Gasteiger partial charge in [0.15, 0.2) is 0 Å². The van der Waals surface area contributed by atoms with Crippen molar-refractivity contribution in [2.45, 2.75) is 32.5 Å². The molecule has 1 aliphatic rings. The second kappa shape index (κ2) is 9.23. The van der Waals surface area contributed by atoms with Crippen molar-refractivity contribution in [1.82, 2.24) is 26.3 Å². The molecule has 0 saturated carbocycles. The van der Waals surface area contributed by atoms with Gasteiger partial charge in [-0.25, -0.2) is 15.9 Å². The Morgan fingerprint density at radius 3 is 2.65 bits per heavy atom. The molecule has 1 aliphatic heterocycles. The Balaban J connectivity index is 1.77. The number of hydrogen-bond acceptors (Lipinski definition) is 6. The van der Waals surface area contributed by atoms with Crippen LogP contribution in [0.1, 0.15) is 37.1 Å². The highest BCUT2D eigenvalue weighted by atomic mass is 15.7. The number of benzene rings is 2. The van der Waals surface area contributed by atoms with Crippen molar-refractivity contribution >= 4 is 0 Å². The van der Waals surface area contributed by atoms with Gasteiger partial charge >= 0.3 is 0 Å². The van der Waals surface area contributed by atoms with Gasteiger partial charge in [-0.05, 0) is 42.3 Å². The first-order chi connectivity index (χ1) is 12.7. The average Bonchev–Trinajstić information content (AvgIpc) is 2.67. The number of nitrogens with one attached hydrogen (secondary N) is 3. The Morgan fingerprint density at radius 1 is 1.15 bits per heavy atom. The minimum absolute atomic E-state index is 0.0905. The summed E-state index contributed by atoms with van der Waals surface area (Å²) in [4.78, 5) is 2.38. The summed E-state index contributed by atoms with van der Waals surface area (Å²) in [6.45, 7) is 4.92. The van der Waals surface area contributed by atoms with E-state index in [-0.39, 0.29) is 6.17 Å². The Hall–Kier alpha value is -1.80. The second-order valence-corrected chi connectivity index (χ2v) is 6.90. The lowest BCUT2D eigenvalue weighted by atomic mass is 9.97. The molecule has 2 aromatic carbocycles. The van der Waals surface area contributed by atoms with Crippen molar-refractivity contribution in [3.05, 3.63) is 59.7 Å². The van der Waals surface area contributed by atoms with Gasteiger partial charge < -0.3 is 4.90 Å². The molecule has 0 amide bonds. The highest BCUT2D eigenvalue weighted by molar-refractivity contribution is 5.68. The molecule has 0 aliphatic carbocycles. The van der Waals surface area contributed by atoms with E-state index < -0.39 is 0 Å². The quantitative estimate of drug-likeness (QED) is 0.572. The van der Waals surface area contributed by atoms with Crippen LogP contribution < -0.4 is 22.2 Å². The molecule has 1 atom stereocenters. The first-order valence-electron chi connectivity index (χ1n) is 9.30. The Kier molecular flexibility index (Phi) is 6.73. The zero-order valence-electron chi connectivity index (χ0n) is 15.7. The minimum Gasteiger partial charge on any atom is -0.302 e. The van der Waals surface area contributed by atoms with E-state index >= 15 is 0 Å². The standard InChI is InChI=1S/C20H30N6/c1-3-4-13-25(2)14-16-9-11-17(12-10-16)18-7-5-6-8-19(18)20-23-24-22-15-26(20)21/h5-12,20,22-24H,3-4,13-15,21H2,1-2H3. The van der Waals surface area contributed by atoms with E-state index in [0.717, 1.165) is 18.7 Å². The third kappa shape index (κ3) is 4.67. The highest BCUT2D eigenvalue weighted by Gasteiger charge is 2.23. The predicted octanol–water partition coefficient (Wildman–Crippen LogP) is 2.33. The van der Waals surface area contributed by atoms with Gasteiger partial charge in [0.25, 0.3) is 0 Å². The van der Waals surface area contributed by atoms with Crippen molar-refractivity contribution in [1.29, 1.82) is 0 Å². The molecule has 3 rings (SSSR count). The van der Waals surface area contributed by atoms with Gasteiger partial charge in [0.2, 0.25) is 0 Å². The van der Waals surface area contributed by atoms with Crippen LogP contribution >= 0.6 is 0 Å². The number of nitrogens with two attached hydrogens (primary N) is 1. The van der Waals surface area contributed by atoms with Crippen molar-refractivity contribution in [2.75, 3.05) is 20.3 Å². The van der Waals surface area contributed by atoms with Gasteiger partial charge in [0.1, 0.15) is 6.17 Å². The van der Waals surface area contributed by atoms with Gasteiger partial charge in [-0.3, -0.25) is 5.84 Å². The summed E-state index contributed by atoms with van der Waals surface area (Å²) in [5.74, 6) is 6.14. The van der Waals surface area contributed by atoms with E-state index in [9.17, 15) is 0 Å². The molecule has 1 saturated heterocycles. The van der Waals surface area contributed by atoms with Gasteiger partial charge in [-0.2, -0.15) is 5.53 Å². The van der Waals surface area contributed by atoms with Crippen molar-refractivity contribution in [2.24, 2.45) is 5.84 Å². The number of rotatable bonds is 7. The van der Waals surface area contributed by atoms with Crippen LogP contribution in [0.25, 0.3) is 11.1 Å². The van der Waals surface area contributed by atoms with Gasteiger partial charge in [0.05, 0.1) is 6.67 Å². The highest BCUT2D eigenvalue weighted by Crippen LogP contribution is 2.29. The molecule has 26 heavy (non-hydrogen) atoms. The van der Waals surface area contributed by atoms with Gasteiger partial charge in [0, 0.05) is 6.54 Å². The zero-order valence-corrected chi connectivity index (χ0v) is 15.7. The van der Waals surface area contributed by atoms with Crippen molar-refractivity contribution in [3.63, 3.8) is 0 Å². The SMILES string of the molecule is CCCCN(C)Cc1ccc(-c2ccccc2C2NNNCN2N)cc1. The fourth-order valence-electron chi connectivity index (χ4n) is 3.29. The van der Waals surface area contributed by atoms with E-state index in [2.05, 4.69) is 77.7 Å². The molecular weight excluding hydrogens is 324 g/mol. The molecule has 1 fully saturated rings. The maximum atomic E-state index is 6.14. The number of unbranched alkanes of at least 4 members (excludes halogenated alkanes) is 1. The molecule has 2 aromatic rings. The van der Waals surface area contributed by atoms with E-state index in [1.165, 1.54) is 29.5 Å². The molecule has 6 heteroatoms. The summed E-state index contributed by atoms with van der Waals surface area (Å²) in [5.41, 5.74) is 14.0. The Labute approximate surface area is 156 Å². The fourth-order valence-corrected chi connectivity index (χ4v) is 3.29. The van der Waals surface area contributed by atoms with Crippen LogP contribution in [0.2, 0.25) is 0 Å². The molecular formula is C20H30N6. The zero-order chi connectivity index (χ0) is 18.4. The van der Waals surface area contributed by atoms with Crippen molar-refractivity contribution in [3.8, 4) is 11.1 Å². The van der Waals surface area contributed by atoms with Crippen LogP contribution in [0, 0.1) is 0 Å². The molecule has 6 nitrogen and oxygen atoms in total. The monoisotopic (exact) mass is 354 g/mol. The lowest BCUT2D eigenvalue weighted by Crippen LogP contribution is -2.62. The first-order valence-corrected chi connectivity index (χ1v) is 9.30. The first kappa shape index (κ1) is 19.0. The molecule has 1 unspecified atom stereocenters. The van der Waals surface area contributed by atoms with E-state index in [1.54, 1.807) is 5.01 Å². The molecule has 140 valence electrons. The summed E-state index contributed by atoms with van der Waals surface area (Å²) >= 11 is 0. The van der Waals surface area contributed by atoms with E-state index in [1.807, 2.05) is 6.07 Å². The van der Waals surface area contributed by atoms with Gasteiger partial charge in [-0.1, -0.05) is 61.9 Å². The molecule has 0 aromatic heterocycles. The number of hydrazine groups is 3. The van der Waals surface area contributed by atoms with Crippen LogP contribution in [-0.2, 0) is 6.54 Å². The molecule has 0 radical (unpaired) electrons. The molecule has 1 heterocycles. The summed E-state index contributed by atoms with van der Waals surface area (Å²) in [6, 6.07) is 17.2. The van der Waals surface area contributed by atoms with Crippen LogP contribution in [0.3, 0.4) is 0 Å². The van der Waals surface area contributed by atoms with Crippen LogP contribution in [-0.4, -0.2) is 30.2 Å². The number of hydrogen-bond donors (Lipinski definition) is 4. The summed E-state index contributed by atoms with van der Waals surface area (Å²) in [6.07, 6.45) is 2.39. The van der Waals surface area contributed by atoms with E-state index in [0.29, 0.717) is 6.67 Å². The predicted molar refractivity (Wildman–Crippen MR) is 106 cm³/mol. The number of nitrogens with zero attached hydrogens (tertiary/aromatic N) is 2. The average molecular weight is 355 g/mol. The fraction of sp³-hybridized carbons (Fsp3) is 0.400. The summed E-state index contributed by atoms with van der Waals surface area (Å²) in [7, 11) is 2.19. The topological polar surface area (TPSA) is 68.6 Å². The lowest BCUT2D eigenvalue weighted by Gasteiger charge is -2.35. The summed E-state index contributed by atoms with van der Waals surface area (Å²) in [5, 5.41) is 1.74. The van der Waals surface area contributed by atoms with Crippen LogP contribution in [0.15, 0.2) is 48.5 Å². The molecule has 0 bridgehead atoms.